The Balaban J connectivity index is 1.60. The Morgan fingerprint density at radius 3 is 2.15 bits per heavy atom. The molecule has 0 bridgehead atoms. The first kappa shape index (κ1) is 25.9. The number of aryl methyl sites for hydroxylation is 1. The molecule has 0 saturated heterocycles. The highest BCUT2D eigenvalue weighted by Crippen LogP contribution is 2.51. The molecule has 6 rings (SSSR count). The van der Waals surface area contributed by atoms with Gasteiger partial charge in [-0.2, -0.15) is 0 Å². The SMILES string of the molecule is Cc1ccc(C2C3=C(CC(C)(C)CC3=O)N(c3ccc(Br)cc3)C3=C2C(=O)NC(c2ccc(Cl)cc2)N3)cc1. The van der Waals surface area contributed by atoms with Gasteiger partial charge in [0.2, 0.25) is 0 Å². The second kappa shape index (κ2) is 9.68. The number of anilines is 1. The molecule has 0 saturated carbocycles. The first-order chi connectivity index (χ1) is 18.6. The van der Waals surface area contributed by atoms with E-state index in [0.29, 0.717) is 34.8 Å². The van der Waals surface area contributed by atoms with Crippen LogP contribution in [0.1, 0.15) is 55.5 Å². The van der Waals surface area contributed by atoms with Crippen LogP contribution in [0.2, 0.25) is 5.02 Å². The van der Waals surface area contributed by atoms with E-state index in [4.69, 9.17) is 11.6 Å². The number of Topliss-reactive ketones (excluding diaryl/α,β-unsaturated/α-hetero) is 1. The third-order valence-electron chi connectivity index (χ3n) is 7.72. The zero-order chi connectivity index (χ0) is 27.5. The Hall–Kier alpha value is -3.35. The highest BCUT2D eigenvalue weighted by molar-refractivity contribution is 9.10. The fourth-order valence-electron chi connectivity index (χ4n) is 5.92. The van der Waals surface area contributed by atoms with E-state index in [2.05, 4.69) is 45.3 Å². The third-order valence-corrected chi connectivity index (χ3v) is 8.50. The predicted molar refractivity (Wildman–Crippen MR) is 158 cm³/mol. The van der Waals surface area contributed by atoms with Crippen LogP contribution in [0.4, 0.5) is 5.69 Å². The number of allylic oxidation sites excluding steroid dienone is 2. The zero-order valence-corrected chi connectivity index (χ0v) is 24.4. The molecule has 2 N–H and O–H groups in total. The lowest BCUT2D eigenvalue weighted by atomic mass is 9.68. The highest BCUT2D eigenvalue weighted by atomic mass is 79.9. The number of ketones is 1. The van der Waals surface area contributed by atoms with E-state index in [9.17, 15) is 9.59 Å². The summed E-state index contributed by atoms with van der Waals surface area (Å²) in [5.74, 6) is 0.133. The van der Waals surface area contributed by atoms with Crippen LogP contribution in [0.15, 0.2) is 99.9 Å². The lowest BCUT2D eigenvalue weighted by Crippen LogP contribution is -2.53. The molecule has 3 aromatic carbocycles. The molecule has 0 spiro atoms. The van der Waals surface area contributed by atoms with Gasteiger partial charge in [-0.3, -0.25) is 14.5 Å². The second-order valence-corrected chi connectivity index (χ2v) is 12.7. The van der Waals surface area contributed by atoms with E-state index >= 15 is 0 Å². The van der Waals surface area contributed by atoms with Crippen molar-refractivity contribution < 1.29 is 9.59 Å². The minimum absolute atomic E-state index is 0.0908. The average Bonchev–Trinajstić information content (AvgIpc) is 2.88. The van der Waals surface area contributed by atoms with Gasteiger partial charge in [-0.05, 0) is 66.3 Å². The van der Waals surface area contributed by atoms with Crippen molar-refractivity contribution in [1.29, 1.82) is 0 Å². The van der Waals surface area contributed by atoms with Gasteiger partial charge in [-0.15, -0.1) is 0 Å². The van der Waals surface area contributed by atoms with Gasteiger partial charge in [-0.1, -0.05) is 83.3 Å². The summed E-state index contributed by atoms with van der Waals surface area (Å²) < 4.78 is 0.956. The normalized spacial score (nSPS) is 22.2. The molecular formula is C32H29BrClN3O2. The largest absolute Gasteiger partial charge is 0.347 e. The van der Waals surface area contributed by atoms with Crippen molar-refractivity contribution in [1.82, 2.24) is 10.6 Å². The number of amides is 1. The average molecular weight is 603 g/mol. The van der Waals surface area contributed by atoms with Gasteiger partial charge >= 0.3 is 0 Å². The lowest BCUT2D eigenvalue weighted by molar-refractivity contribution is -0.119. The smallest absolute Gasteiger partial charge is 0.253 e. The van der Waals surface area contributed by atoms with E-state index < -0.39 is 12.1 Å². The van der Waals surface area contributed by atoms with E-state index in [-0.39, 0.29) is 17.1 Å². The number of halogens is 2. The number of rotatable bonds is 3. The fourth-order valence-corrected chi connectivity index (χ4v) is 6.31. The van der Waals surface area contributed by atoms with Crippen LogP contribution in [-0.2, 0) is 9.59 Å². The van der Waals surface area contributed by atoms with Crippen LogP contribution in [-0.4, -0.2) is 11.7 Å². The Morgan fingerprint density at radius 2 is 1.49 bits per heavy atom. The Kier molecular flexibility index (Phi) is 6.43. The number of hydrogen-bond acceptors (Lipinski definition) is 4. The number of nitrogens with one attached hydrogen (secondary N) is 2. The molecule has 1 aliphatic carbocycles. The van der Waals surface area contributed by atoms with Crippen molar-refractivity contribution in [2.75, 3.05) is 4.90 Å². The van der Waals surface area contributed by atoms with Crippen LogP contribution in [0.25, 0.3) is 0 Å². The monoisotopic (exact) mass is 601 g/mol. The summed E-state index contributed by atoms with van der Waals surface area (Å²) in [7, 11) is 0. The molecular weight excluding hydrogens is 574 g/mol. The van der Waals surface area contributed by atoms with E-state index in [0.717, 1.165) is 32.5 Å². The van der Waals surface area contributed by atoms with E-state index in [1.165, 1.54) is 0 Å². The number of carbonyl (C=O) groups is 2. The number of hydrogen-bond donors (Lipinski definition) is 2. The predicted octanol–water partition coefficient (Wildman–Crippen LogP) is 7.29. The van der Waals surface area contributed by atoms with Gasteiger partial charge in [0, 0.05) is 38.8 Å². The zero-order valence-electron chi connectivity index (χ0n) is 22.0. The van der Waals surface area contributed by atoms with E-state index in [1.54, 1.807) is 0 Å². The molecule has 2 atom stereocenters. The minimum Gasteiger partial charge on any atom is -0.347 e. The van der Waals surface area contributed by atoms with Gasteiger partial charge in [0.1, 0.15) is 12.0 Å². The first-order valence-corrected chi connectivity index (χ1v) is 14.2. The minimum atomic E-state index is -0.468. The maximum absolute atomic E-state index is 14.1. The maximum atomic E-state index is 14.1. The van der Waals surface area contributed by atoms with Gasteiger partial charge in [0.05, 0.1) is 5.57 Å². The molecule has 2 heterocycles. The number of nitrogens with zero attached hydrogens (tertiary/aromatic N) is 1. The maximum Gasteiger partial charge on any atom is 0.253 e. The quantitative estimate of drug-likeness (QED) is 0.331. The summed E-state index contributed by atoms with van der Waals surface area (Å²) in [5.41, 5.74) is 5.84. The first-order valence-electron chi connectivity index (χ1n) is 13.1. The topological polar surface area (TPSA) is 61.4 Å². The van der Waals surface area contributed by atoms with Crippen LogP contribution in [0, 0.1) is 12.3 Å². The number of carbonyl (C=O) groups excluding carboxylic acids is 2. The summed E-state index contributed by atoms with van der Waals surface area (Å²) in [6.45, 7) is 6.31. The Labute approximate surface area is 242 Å². The molecule has 0 fully saturated rings. The Bertz CT molecular complexity index is 1540. The molecule has 1 amide bonds. The molecule has 0 radical (unpaired) electrons. The molecule has 7 heteroatoms. The van der Waals surface area contributed by atoms with Crippen LogP contribution >= 0.6 is 27.5 Å². The third kappa shape index (κ3) is 4.70. The summed E-state index contributed by atoms with van der Waals surface area (Å²) in [6, 6.07) is 23.6. The van der Waals surface area contributed by atoms with Crippen molar-refractivity contribution in [3.8, 4) is 0 Å². The summed E-state index contributed by atoms with van der Waals surface area (Å²) in [5, 5.41) is 7.43. The van der Waals surface area contributed by atoms with Crippen molar-refractivity contribution in [2.45, 2.75) is 45.7 Å². The number of benzene rings is 3. The second-order valence-electron chi connectivity index (χ2n) is 11.3. The molecule has 2 aliphatic heterocycles. The van der Waals surface area contributed by atoms with Crippen molar-refractivity contribution in [3.63, 3.8) is 0 Å². The van der Waals surface area contributed by atoms with Crippen molar-refractivity contribution in [3.05, 3.63) is 122 Å². The molecule has 3 aliphatic rings. The van der Waals surface area contributed by atoms with E-state index in [1.807, 2.05) is 79.7 Å². The van der Waals surface area contributed by atoms with Crippen LogP contribution in [0.3, 0.4) is 0 Å². The molecule has 39 heavy (non-hydrogen) atoms. The van der Waals surface area contributed by atoms with Gasteiger partial charge in [0.25, 0.3) is 5.91 Å². The molecule has 2 unspecified atom stereocenters. The van der Waals surface area contributed by atoms with Gasteiger partial charge < -0.3 is 10.6 Å². The lowest BCUT2D eigenvalue weighted by Gasteiger charge is -2.48. The van der Waals surface area contributed by atoms with Crippen molar-refractivity contribution >= 4 is 44.9 Å². The molecule has 3 aromatic rings. The molecule has 5 nitrogen and oxygen atoms in total. The molecule has 0 aromatic heterocycles. The summed E-state index contributed by atoms with van der Waals surface area (Å²) in [4.78, 5) is 30.1. The fraction of sp³-hybridized carbons (Fsp3) is 0.250. The highest BCUT2D eigenvalue weighted by Gasteiger charge is 2.48. The van der Waals surface area contributed by atoms with Crippen LogP contribution in [0.5, 0.6) is 0 Å². The Morgan fingerprint density at radius 1 is 0.846 bits per heavy atom. The standard InChI is InChI=1S/C32H29BrClN3O2/c1-18-4-6-19(7-5-18)26-27-24(16-32(2,3)17-25(27)38)37(23-14-10-21(33)11-15-23)30-28(26)31(39)36-29(35-30)20-8-12-22(34)13-9-20/h4-15,26,29,35H,16-17H2,1-3H3,(H,36,39). The summed E-state index contributed by atoms with van der Waals surface area (Å²) >= 11 is 9.70. The molecule has 198 valence electrons. The van der Waals surface area contributed by atoms with Gasteiger partial charge in [-0.25, -0.2) is 0 Å². The van der Waals surface area contributed by atoms with Crippen LogP contribution < -0.4 is 15.5 Å². The summed E-state index contributed by atoms with van der Waals surface area (Å²) in [6.07, 6.45) is 0.686. The van der Waals surface area contributed by atoms with Crippen molar-refractivity contribution in [2.24, 2.45) is 5.41 Å². The van der Waals surface area contributed by atoms with Gasteiger partial charge in [0.15, 0.2) is 5.78 Å².